The van der Waals surface area contributed by atoms with Crippen LogP contribution in [0.3, 0.4) is 0 Å². The van der Waals surface area contributed by atoms with E-state index in [-0.39, 0.29) is 29.5 Å². The minimum absolute atomic E-state index is 0.0474. The first-order valence-corrected chi connectivity index (χ1v) is 11.9. The van der Waals surface area contributed by atoms with E-state index in [0.29, 0.717) is 55.1 Å². The van der Waals surface area contributed by atoms with E-state index in [9.17, 15) is 9.59 Å². The quantitative estimate of drug-likeness (QED) is 0.418. The molecule has 0 saturated carbocycles. The number of amides is 2. The van der Waals surface area contributed by atoms with Crippen molar-refractivity contribution >= 4 is 23.6 Å². The average molecular weight is 474 g/mol. The number of nitrogens with one attached hydrogen (secondary N) is 1. The Morgan fingerprint density at radius 3 is 2.55 bits per heavy atom. The van der Waals surface area contributed by atoms with Crippen LogP contribution in [0.1, 0.15) is 36.1 Å². The molecule has 0 radical (unpaired) electrons. The van der Waals surface area contributed by atoms with Gasteiger partial charge in [0, 0.05) is 25.2 Å². The average Bonchev–Trinajstić information content (AvgIpc) is 3.23. The van der Waals surface area contributed by atoms with Crippen LogP contribution in [-0.4, -0.2) is 70.6 Å². The van der Waals surface area contributed by atoms with Crippen molar-refractivity contribution in [3.63, 3.8) is 0 Å². The van der Waals surface area contributed by atoms with E-state index >= 15 is 0 Å². The van der Waals surface area contributed by atoms with Crippen LogP contribution in [0.2, 0.25) is 0 Å². The number of ether oxygens (including phenoxy) is 2. The number of methoxy groups -OCH3 is 1. The molecule has 178 valence electrons. The van der Waals surface area contributed by atoms with E-state index in [0.717, 1.165) is 0 Å². The van der Waals surface area contributed by atoms with E-state index < -0.39 is 0 Å². The van der Waals surface area contributed by atoms with Crippen molar-refractivity contribution in [1.82, 2.24) is 25.0 Å². The van der Waals surface area contributed by atoms with Gasteiger partial charge in [0.15, 0.2) is 11.0 Å². The molecule has 1 saturated heterocycles. The van der Waals surface area contributed by atoms with Crippen LogP contribution in [0.25, 0.3) is 0 Å². The predicted octanol–water partition coefficient (Wildman–Crippen LogP) is 2.55. The van der Waals surface area contributed by atoms with Crippen molar-refractivity contribution in [2.75, 3.05) is 39.2 Å². The molecule has 1 atom stereocenters. The Kier molecular flexibility index (Phi) is 8.90. The van der Waals surface area contributed by atoms with Gasteiger partial charge >= 0.3 is 0 Å². The summed E-state index contributed by atoms with van der Waals surface area (Å²) >= 11 is 1.34. The highest BCUT2D eigenvalue weighted by molar-refractivity contribution is 7.99. The number of allylic oxidation sites excluding steroid dienone is 1. The van der Waals surface area contributed by atoms with Crippen molar-refractivity contribution in [2.45, 2.75) is 31.6 Å². The third-order valence-electron chi connectivity index (χ3n) is 5.33. The van der Waals surface area contributed by atoms with Crippen LogP contribution in [-0.2, 0) is 16.1 Å². The molecule has 2 heterocycles. The van der Waals surface area contributed by atoms with Crippen molar-refractivity contribution < 1.29 is 19.1 Å². The zero-order valence-electron chi connectivity index (χ0n) is 19.3. The number of hydrogen-bond acceptors (Lipinski definition) is 7. The molecule has 1 fully saturated rings. The SMILES string of the molecule is C=CCn1c(SCC(=O)N2CCOCC2)nnc1[C@@H](NC(=O)c1ccc(OC)cc1)C(C)C. The summed E-state index contributed by atoms with van der Waals surface area (Å²) in [7, 11) is 1.58. The molecule has 9 nitrogen and oxygen atoms in total. The highest BCUT2D eigenvalue weighted by Crippen LogP contribution is 2.26. The summed E-state index contributed by atoms with van der Waals surface area (Å²) in [4.78, 5) is 27.3. The van der Waals surface area contributed by atoms with Gasteiger partial charge in [0.2, 0.25) is 5.91 Å². The molecule has 1 aliphatic rings. The van der Waals surface area contributed by atoms with Gasteiger partial charge in [-0.3, -0.25) is 9.59 Å². The van der Waals surface area contributed by atoms with Gasteiger partial charge < -0.3 is 24.3 Å². The minimum Gasteiger partial charge on any atom is -0.497 e. The Bertz CT molecular complexity index is 954. The largest absolute Gasteiger partial charge is 0.497 e. The van der Waals surface area contributed by atoms with Gasteiger partial charge in [-0.1, -0.05) is 31.7 Å². The summed E-state index contributed by atoms with van der Waals surface area (Å²) in [6.07, 6.45) is 1.75. The van der Waals surface area contributed by atoms with Crippen molar-refractivity contribution in [3.8, 4) is 5.75 Å². The maximum Gasteiger partial charge on any atom is 0.251 e. The molecule has 1 aliphatic heterocycles. The van der Waals surface area contributed by atoms with Crippen molar-refractivity contribution in [3.05, 3.63) is 48.3 Å². The van der Waals surface area contributed by atoms with Crippen LogP contribution in [0.4, 0.5) is 0 Å². The first-order chi connectivity index (χ1) is 15.9. The number of carbonyl (C=O) groups excluding carboxylic acids is 2. The van der Waals surface area contributed by atoms with E-state index in [2.05, 4.69) is 22.1 Å². The van der Waals surface area contributed by atoms with Crippen LogP contribution in [0, 0.1) is 5.92 Å². The van der Waals surface area contributed by atoms with E-state index in [1.807, 2.05) is 18.4 Å². The van der Waals surface area contributed by atoms with Gasteiger partial charge in [0.25, 0.3) is 5.91 Å². The fraction of sp³-hybridized carbons (Fsp3) is 0.478. The normalized spacial score (nSPS) is 14.7. The Morgan fingerprint density at radius 1 is 1.24 bits per heavy atom. The number of hydrogen-bond donors (Lipinski definition) is 1. The molecule has 0 spiro atoms. The van der Waals surface area contributed by atoms with Gasteiger partial charge in [0.05, 0.1) is 32.1 Å². The molecule has 3 rings (SSSR count). The lowest BCUT2D eigenvalue weighted by molar-refractivity contribution is -0.132. The third kappa shape index (κ3) is 6.35. The third-order valence-corrected chi connectivity index (χ3v) is 6.28. The highest BCUT2D eigenvalue weighted by Gasteiger charge is 2.27. The topological polar surface area (TPSA) is 98.6 Å². The predicted molar refractivity (Wildman–Crippen MR) is 126 cm³/mol. The number of morpholine rings is 1. The monoisotopic (exact) mass is 473 g/mol. The molecular formula is C23H31N5O4S. The van der Waals surface area contributed by atoms with E-state index in [1.54, 1.807) is 42.4 Å². The summed E-state index contributed by atoms with van der Waals surface area (Å²) in [5.41, 5.74) is 0.530. The second-order valence-electron chi connectivity index (χ2n) is 7.95. The summed E-state index contributed by atoms with van der Waals surface area (Å²) in [5, 5.41) is 12.4. The van der Waals surface area contributed by atoms with Gasteiger partial charge in [-0.05, 0) is 30.2 Å². The van der Waals surface area contributed by atoms with Gasteiger partial charge in [0.1, 0.15) is 5.75 Å². The first kappa shape index (κ1) is 24.8. The molecule has 10 heteroatoms. The van der Waals surface area contributed by atoms with Crippen LogP contribution >= 0.6 is 11.8 Å². The summed E-state index contributed by atoms with van der Waals surface area (Å²) in [5.74, 6) is 1.49. The molecule has 2 aromatic rings. The highest BCUT2D eigenvalue weighted by atomic mass is 32.2. The maximum absolute atomic E-state index is 12.9. The second-order valence-corrected chi connectivity index (χ2v) is 8.89. The smallest absolute Gasteiger partial charge is 0.251 e. The van der Waals surface area contributed by atoms with E-state index in [1.165, 1.54) is 11.8 Å². The Morgan fingerprint density at radius 2 is 1.94 bits per heavy atom. The Balaban J connectivity index is 1.75. The lowest BCUT2D eigenvalue weighted by atomic mass is 10.0. The van der Waals surface area contributed by atoms with E-state index in [4.69, 9.17) is 9.47 Å². The molecule has 0 aliphatic carbocycles. The van der Waals surface area contributed by atoms with Crippen LogP contribution < -0.4 is 10.1 Å². The zero-order valence-corrected chi connectivity index (χ0v) is 20.1. The molecule has 2 amide bonds. The number of aromatic nitrogens is 3. The number of carbonyl (C=O) groups is 2. The molecule has 0 unspecified atom stereocenters. The Labute approximate surface area is 198 Å². The first-order valence-electron chi connectivity index (χ1n) is 10.9. The fourth-order valence-electron chi connectivity index (χ4n) is 3.46. The minimum atomic E-state index is -0.364. The number of rotatable bonds is 10. The molecule has 1 aromatic carbocycles. The summed E-state index contributed by atoms with van der Waals surface area (Å²) < 4.78 is 12.4. The number of nitrogens with zero attached hydrogens (tertiary/aromatic N) is 4. The van der Waals surface area contributed by atoms with Gasteiger partial charge in [-0.25, -0.2) is 0 Å². The number of benzene rings is 1. The lowest BCUT2D eigenvalue weighted by Crippen LogP contribution is -2.41. The number of thioether (sulfide) groups is 1. The zero-order chi connectivity index (χ0) is 23.8. The maximum atomic E-state index is 12.9. The molecule has 0 bridgehead atoms. The summed E-state index contributed by atoms with van der Waals surface area (Å²) in [6.45, 7) is 10.7. The molecular weight excluding hydrogens is 442 g/mol. The molecule has 1 N–H and O–H groups in total. The molecule has 33 heavy (non-hydrogen) atoms. The van der Waals surface area contributed by atoms with Crippen LogP contribution in [0.15, 0.2) is 42.1 Å². The van der Waals surface area contributed by atoms with Crippen molar-refractivity contribution in [1.29, 1.82) is 0 Å². The van der Waals surface area contributed by atoms with Gasteiger partial charge in [-0.2, -0.15) is 0 Å². The lowest BCUT2D eigenvalue weighted by Gasteiger charge is -2.26. The summed E-state index contributed by atoms with van der Waals surface area (Å²) in [6, 6.07) is 6.58. The second kappa shape index (κ2) is 11.9. The van der Waals surface area contributed by atoms with Gasteiger partial charge in [-0.15, -0.1) is 16.8 Å². The Hall–Kier alpha value is -2.85. The standard InChI is InChI=1S/C23H31N5O4S/c1-5-10-28-21(25-26-23(28)33-15-19(29)27-11-13-32-14-12-27)20(16(2)3)24-22(30)17-6-8-18(31-4)9-7-17/h5-9,16,20H,1,10-15H2,2-4H3,(H,24,30)/t20-/m0/s1. The van der Waals surface area contributed by atoms with Crippen molar-refractivity contribution in [2.24, 2.45) is 5.92 Å². The molecule has 1 aromatic heterocycles. The fourth-order valence-corrected chi connectivity index (χ4v) is 4.32. The van der Waals surface area contributed by atoms with Crippen LogP contribution in [0.5, 0.6) is 5.75 Å².